The number of aliphatic carboxylic acids is 1. The van der Waals surface area contributed by atoms with E-state index in [0.717, 1.165) is 11.8 Å². The quantitative estimate of drug-likeness (QED) is 0.883. The van der Waals surface area contributed by atoms with Gasteiger partial charge in [-0.2, -0.15) is 0 Å². The molecule has 2 saturated carbocycles. The molecule has 1 aromatic rings. The maximum Gasteiger partial charge on any atom is 0.305 e. The Morgan fingerprint density at radius 3 is 2.58 bits per heavy atom. The van der Waals surface area contributed by atoms with Crippen molar-refractivity contribution in [3.63, 3.8) is 0 Å². The fourth-order valence-electron chi connectivity index (χ4n) is 3.91. The van der Waals surface area contributed by atoms with Crippen LogP contribution >= 0.6 is 0 Å². The molecule has 3 rings (SSSR count). The van der Waals surface area contributed by atoms with Gasteiger partial charge in [-0.25, -0.2) is 0 Å². The van der Waals surface area contributed by atoms with Gasteiger partial charge in [0.25, 0.3) is 0 Å². The number of fused-ring (bicyclic) bond motifs is 2. The first-order valence-corrected chi connectivity index (χ1v) is 7.27. The average molecular weight is 259 g/mol. The highest BCUT2D eigenvalue weighted by Crippen LogP contribution is 2.47. The van der Waals surface area contributed by atoms with Gasteiger partial charge in [-0.15, -0.1) is 0 Å². The van der Waals surface area contributed by atoms with Gasteiger partial charge in [-0.3, -0.25) is 4.79 Å². The standard InChI is InChI=1S/C16H21NO2/c18-16(19)8-9-17(14-4-2-1-3-5-14)15-11-12-6-7-13(15)10-12/h1-5,12-13,15H,6-11H2,(H,18,19). The zero-order valence-electron chi connectivity index (χ0n) is 11.2. The van der Waals surface area contributed by atoms with Gasteiger partial charge >= 0.3 is 5.97 Å². The Balaban J connectivity index is 1.78. The topological polar surface area (TPSA) is 40.5 Å². The van der Waals surface area contributed by atoms with Gasteiger partial charge in [0.05, 0.1) is 6.42 Å². The van der Waals surface area contributed by atoms with E-state index < -0.39 is 5.97 Å². The first kappa shape index (κ1) is 12.5. The molecule has 0 radical (unpaired) electrons. The molecule has 0 amide bonds. The number of anilines is 1. The third-order valence-corrected chi connectivity index (χ3v) is 4.76. The summed E-state index contributed by atoms with van der Waals surface area (Å²) >= 11 is 0. The molecule has 19 heavy (non-hydrogen) atoms. The molecule has 2 aliphatic carbocycles. The largest absolute Gasteiger partial charge is 0.481 e. The Kier molecular flexibility index (Phi) is 3.45. The smallest absolute Gasteiger partial charge is 0.305 e. The summed E-state index contributed by atoms with van der Waals surface area (Å²) in [4.78, 5) is 13.2. The van der Waals surface area contributed by atoms with Crippen LogP contribution in [0.3, 0.4) is 0 Å². The second kappa shape index (κ2) is 5.24. The molecule has 0 aliphatic heterocycles. The van der Waals surface area contributed by atoms with E-state index in [-0.39, 0.29) is 6.42 Å². The molecule has 1 N–H and O–H groups in total. The Labute approximate surface area is 114 Å². The van der Waals surface area contributed by atoms with Crippen LogP contribution in [-0.4, -0.2) is 23.7 Å². The van der Waals surface area contributed by atoms with Crippen LogP contribution in [0.4, 0.5) is 5.69 Å². The van der Waals surface area contributed by atoms with E-state index in [1.54, 1.807) is 0 Å². The van der Waals surface area contributed by atoms with E-state index in [2.05, 4.69) is 17.0 Å². The van der Waals surface area contributed by atoms with Crippen molar-refractivity contribution in [3.8, 4) is 0 Å². The SMILES string of the molecule is O=C(O)CCN(c1ccccc1)C1CC2CCC1C2. The van der Waals surface area contributed by atoms with E-state index in [9.17, 15) is 4.79 Å². The third kappa shape index (κ3) is 2.60. The van der Waals surface area contributed by atoms with Crippen LogP contribution in [0.1, 0.15) is 32.1 Å². The van der Waals surface area contributed by atoms with Crippen molar-refractivity contribution >= 4 is 11.7 Å². The molecule has 0 aromatic heterocycles. The summed E-state index contributed by atoms with van der Waals surface area (Å²) in [6.45, 7) is 0.632. The van der Waals surface area contributed by atoms with E-state index >= 15 is 0 Å². The molecule has 0 heterocycles. The minimum Gasteiger partial charge on any atom is -0.481 e. The molecular formula is C16H21NO2. The zero-order valence-corrected chi connectivity index (χ0v) is 11.2. The Morgan fingerprint density at radius 2 is 2.00 bits per heavy atom. The lowest BCUT2D eigenvalue weighted by molar-refractivity contribution is -0.136. The maximum absolute atomic E-state index is 10.9. The summed E-state index contributed by atoms with van der Waals surface area (Å²) in [6, 6.07) is 10.9. The normalized spacial score (nSPS) is 28.5. The van der Waals surface area contributed by atoms with E-state index in [1.165, 1.54) is 31.4 Å². The van der Waals surface area contributed by atoms with Gasteiger partial charge in [-0.1, -0.05) is 24.6 Å². The van der Waals surface area contributed by atoms with Gasteiger partial charge < -0.3 is 10.0 Å². The Morgan fingerprint density at radius 1 is 1.21 bits per heavy atom. The number of hydrogen-bond donors (Lipinski definition) is 1. The van der Waals surface area contributed by atoms with Crippen molar-refractivity contribution < 1.29 is 9.90 Å². The number of hydrogen-bond acceptors (Lipinski definition) is 2. The van der Waals surface area contributed by atoms with Crippen molar-refractivity contribution in [2.75, 3.05) is 11.4 Å². The minimum absolute atomic E-state index is 0.225. The molecule has 3 atom stereocenters. The number of benzene rings is 1. The first-order valence-electron chi connectivity index (χ1n) is 7.27. The summed E-state index contributed by atoms with van der Waals surface area (Å²) in [7, 11) is 0. The maximum atomic E-state index is 10.9. The highest BCUT2D eigenvalue weighted by molar-refractivity contribution is 5.67. The Bertz CT molecular complexity index is 445. The fraction of sp³-hybridized carbons (Fsp3) is 0.562. The molecule has 2 bridgehead atoms. The van der Waals surface area contributed by atoms with Gasteiger partial charge in [0, 0.05) is 18.3 Å². The summed E-state index contributed by atoms with van der Waals surface area (Å²) in [5.41, 5.74) is 1.18. The highest BCUT2D eigenvalue weighted by Gasteiger charge is 2.42. The molecule has 3 unspecified atom stereocenters. The lowest BCUT2D eigenvalue weighted by atomic mass is 9.93. The summed E-state index contributed by atoms with van der Waals surface area (Å²) in [6.07, 6.45) is 5.53. The zero-order chi connectivity index (χ0) is 13.2. The van der Waals surface area contributed by atoms with E-state index in [1.807, 2.05) is 18.2 Å². The predicted octanol–water partition coefficient (Wildman–Crippen LogP) is 3.16. The van der Waals surface area contributed by atoms with Crippen LogP contribution in [0.15, 0.2) is 30.3 Å². The number of carboxylic acid groups (broad SMARTS) is 1. The van der Waals surface area contributed by atoms with Crippen LogP contribution < -0.4 is 4.90 Å². The minimum atomic E-state index is -0.705. The van der Waals surface area contributed by atoms with Crippen molar-refractivity contribution in [1.29, 1.82) is 0 Å². The summed E-state index contributed by atoms with van der Waals surface area (Å²) in [5.74, 6) is 0.953. The summed E-state index contributed by atoms with van der Waals surface area (Å²) in [5, 5.41) is 8.96. The van der Waals surface area contributed by atoms with Crippen LogP contribution in [-0.2, 0) is 4.79 Å². The monoisotopic (exact) mass is 259 g/mol. The van der Waals surface area contributed by atoms with Crippen LogP contribution in [0, 0.1) is 11.8 Å². The molecular weight excluding hydrogens is 238 g/mol. The lowest BCUT2D eigenvalue weighted by Gasteiger charge is -2.36. The van der Waals surface area contributed by atoms with Crippen LogP contribution in [0.2, 0.25) is 0 Å². The first-order chi connectivity index (χ1) is 9.24. The number of carboxylic acids is 1. The van der Waals surface area contributed by atoms with Gasteiger partial charge in [0.15, 0.2) is 0 Å². The lowest BCUT2D eigenvalue weighted by Crippen LogP contribution is -2.40. The number of rotatable bonds is 5. The average Bonchev–Trinajstić information content (AvgIpc) is 3.02. The number of carbonyl (C=O) groups is 1. The fourth-order valence-corrected chi connectivity index (χ4v) is 3.91. The number of para-hydroxylation sites is 1. The molecule has 102 valence electrons. The highest BCUT2D eigenvalue weighted by atomic mass is 16.4. The molecule has 0 saturated heterocycles. The van der Waals surface area contributed by atoms with Crippen molar-refractivity contribution in [2.45, 2.75) is 38.1 Å². The van der Waals surface area contributed by atoms with Gasteiger partial charge in [0.2, 0.25) is 0 Å². The Hall–Kier alpha value is -1.51. The van der Waals surface area contributed by atoms with Crippen molar-refractivity contribution in [2.24, 2.45) is 11.8 Å². The molecule has 3 heteroatoms. The van der Waals surface area contributed by atoms with Gasteiger partial charge in [-0.05, 0) is 43.2 Å². The second-order valence-corrected chi connectivity index (χ2v) is 5.91. The predicted molar refractivity (Wildman–Crippen MR) is 75.3 cm³/mol. The van der Waals surface area contributed by atoms with Crippen LogP contribution in [0.25, 0.3) is 0 Å². The number of nitrogens with zero attached hydrogens (tertiary/aromatic N) is 1. The summed E-state index contributed by atoms with van der Waals surface area (Å²) < 4.78 is 0. The molecule has 2 fully saturated rings. The van der Waals surface area contributed by atoms with Crippen molar-refractivity contribution in [3.05, 3.63) is 30.3 Å². The van der Waals surface area contributed by atoms with E-state index in [0.29, 0.717) is 12.6 Å². The van der Waals surface area contributed by atoms with E-state index in [4.69, 9.17) is 5.11 Å². The van der Waals surface area contributed by atoms with Crippen LogP contribution in [0.5, 0.6) is 0 Å². The molecule has 0 spiro atoms. The van der Waals surface area contributed by atoms with Gasteiger partial charge in [0.1, 0.15) is 0 Å². The third-order valence-electron chi connectivity index (χ3n) is 4.76. The molecule has 3 nitrogen and oxygen atoms in total. The second-order valence-electron chi connectivity index (χ2n) is 5.91. The molecule has 1 aromatic carbocycles. The van der Waals surface area contributed by atoms with Crippen molar-refractivity contribution in [1.82, 2.24) is 0 Å². The molecule has 2 aliphatic rings.